The highest BCUT2D eigenvalue weighted by molar-refractivity contribution is 5.75. The fourth-order valence-electron chi connectivity index (χ4n) is 2.48. The largest absolute Gasteiger partial charge is 0.491 e. The molecule has 0 saturated carbocycles. The summed E-state index contributed by atoms with van der Waals surface area (Å²) in [5.74, 6) is 0.869. The highest BCUT2D eigenvalue weighted by Gasteiger charge is 2.05. The topological polar surface area (TPSA) is 70.6 Å². The van der Waals surface area contributed by atoms with Crippen LogP contribution in [0, 0.1) is 0 Å². The Morgan fingerprint density at radius 3 is 2.56 bits per heavy atom. The number of para-hydroxylation sites is 1. The molecule has 25 heavy (non-hydrogen) atoms. The summed E-state index contributed by atoms with van der Waals surface area (Å²) in [5.41, 5.74) is 0. The minimum atomic E-state index is -0.570. The molecule has 0 radical (unpaired) electrons. The van der Waals surface area contributed by atoms with Gasteiger partial charge in [0.15, 0.2) is 0 Å². The summed E-state index contributed by atoms with van der Waals surface area (Å²) in [6.07, 6.45) is 7.20. The fraction of sp³-hybridized carbons (Fsp3) is 0.650. The van der Waals surface area contributed by atoms with Crippen LogP contribution in [0.3, 0.4) is 0 Å². The number of carbonyl (C=O) groups excluding carboxylic acids is 1. The zero-order chi connectivity index (χ0) is 18.2. The first kappa shape index (κ1) is 21.5. The molecule has 1 rings (SSSR count). The van der Waals surface area contributed by atoms with Gasteiger partial charge in [-0.05, 0) is 18.6 Å². The summed E-state index contributed by atoms with van der Waals surface area (Å²) in [6, 6.07) is 9.44. The Balaban J connectivity index is 1.90. The third kappa shape index (κ3) is 12.4. The van der Waals surface area contributed by atoms with Crippen molar-refractivity contribution in [2.45, 2.75) is 58.0 Å². The van der Waals surface area contributed by atoms with E-state index in [4.69, 9.17) is 4.74 Å². The number of aliphatic hydroxyl groups excluding tert-OH is 1. The van der Waals surface area contributed by atoms with E-state index < -0.39 is 6.10 Å². The van der Waals surface area contributed by atoms with Gasteiger partial charge in [-0.25, -0.2) is 0 Å². The SMILES string of the molecule is CCCCCCCCC(=O)NCCNC[C@H](O)COc1ccccc1. The first-order valence-electron chi connectivity index (χ1n) is 9.55. The van der Waals surface area contributed by atoms with Gasteiger partial charge in [-0.1, -0.05) is 57.2 Å². The molecule has 1 atom stereocenters. The van der Waals surface area contributed by atoms with Crippen molar-refractivity contribution in [1.29, 1.82) is 0 Å². The smallest absolute Gasteiger partial charge is 0.220 e. The third-order valence-electron chi connectivity index (χ3n) is 3.95. The van der Waals surface area contributed by atoms with Crippen molar-refractivity contribution in [3.05, 3.63) is 30.3 Å². The van der Waals surface area contributed by atoms with Gasteiger partial charge >= 0.3 is 0 Å². The molecule has 5 heteroatoms. The maximum Gasteiger partial charge on any atom is 0.220 e. The minimum absolute atomic E-state index is 0.116. The Morgan fingerprint density at radius 1 is 1.08 bits per heavy atom. The molecule has 0 bridgehead atoms. The lowest BCUT2D eigenvalue weighted by Crippen LogP contribution is -2.37. The predicted molar refractivity (Wildman–Crippen MR) is 102 cm³/mol. The average molecular weight is 351 g/mol. The standard InChI is InChI=1S/C20H34N2O3/c1-2-3-4-5-6-10-13-20(24)22-15-14-21-16-18(23)17-25-19-11-8-7-9-12-19/h7-9,11-12,18,21,23H,2-6,10,13-17H2,1H3,(H,22,24)/t18-/m0/s1. The highest BCUT2D eigenvalue weighted by atomic mass is 16.5. The van der Waals surface area contributed by atoms with E-state index in [1.165, 1.54) is 25.7 Å². The molecule has 0 spiro atoms. The number of rotatable bonds is 15. The van der Waals surface area contributed by atoms with Crippen LogP contribution < -0.4 is 15.4 Å². The summed E-state index contributed by atoms with van der Waals surface area (Å²) in [5, 5.41) is 15.9. The summed E-state index contributed by atoms with van der Waals surface area (Å²) in [7, 11) is 0. The summed E-state index contributed by atoms with van der Waals surface area (Å²) < 4.78 is 5.48. The minimum Gasteiger partial charge on any atom is -0.491 e. The lowest BCUT2D eigenvalue weighted by Gasteiger charge is -2.13. The average Bonchev–Trinajstić information content (AvgIpc) is 2.63. The zero-order valence-corrected chi connectivity index (χ0v) is 15.5. The lowest BCUT2D eigenvalue weighted by molar-refractivity contribution is -0.121. The number of ether oxygens (including phenoxy) is 1. The van der Waals surface area contributed by atoms with Crippen molar-refractivity contribution in [1.82, 2.24) is 10.6 Å². The zero-order valence-electron chi connectivity index (χ0n) is 15.5. The van der Waals surface area contributed by atoms with E-state index in [1.807, 2.05) is 30.3 Å². The van der Waals surface area contributed by atoms with Crippen LogP contribution in [0.25, 0.3) is 0 Å². The second kappa shape index (κ2) is 14.7. The van der Waals surface area contributed by atoms with E-state index in [-0.39, 0.29) is 12.5 Å². The second-order valence-electron chi connectivity index (χ2n) is 6.35. The molecule has 0 aliphatic rings. The third-order valence-corrected chi connectivity index (χ3v) is 3.95. The summed E-state index contributed by atoms with van der Waals surface area (Å²) in [4.78, 5) is 11.7. The molecule has 0 aromatic heterocycles. The van der Waals surface area contributed by atoms with Crippen molar-refractivity contribution < 1.29 is 14.6 Å². The molecule has 5 nitrogen and oxygen atoms in total. The van der Waals surface area contributed by atoms with Gasteiger partial charge in [-0.15, -0.1) is 0 Å². The van der Waals surface area contributed by atoms with E-state index >= 15 is 0 Å². The molecule has 1 aromatic carbocycles. The molecule has 0 saturated heterocycles. The van der Waals surface area contributed by atoms with Crippen molar-refractivity contribution in [3.8, 4) is 5.75 Å². The number of unbranched alkanes of at least 4 members (excludes halogenated alkanes) is 5. The Kier molecular flexibility index (Phi) is 12.6. The number of hydrogen-bond donors (Lipinski definition) is 3. The predicted octanol–water partition coefficient (Wildman–Crippen LogP) is 2.88. The highest BCUT2D eigenvalue weighted by Crippen LogP contribution is 2.08. The molecule has 1 amide bonds. The number of nitrogens with one attached hydrogen (secondary N) is 2. The van der Waals surface area contributed by atoms with Crippen molar-refractivity contribution in [2.75, 3.05) is 26.2 Å². The summed E-state index contributed by atoms with van der Waals surface area (Å²) >= 11 is 0. The maximum absolute atomic E-state index is 11.7. The van der Waals surface area contributed by atoms with Crippen LogP contribution in [0.5, 0.6) is 5.75 Å². The molecule has 142 valence electrons. The van der Waals surface area contributed by atoms with Gasteiger partial charge in [-0.3, -0.25) is 4.79 Å². The fourth-order valence-corrected chi connectivity index (χ4v) is 2.48. The normalized spacial score (nSPS) is 11.9. The van der Waals surface area contributed by atoms with Crippen LogP contribution in [-0.4, -0.2) is 43.4 Å². The number of aliphatic hydroxyl groups is 1. The lowest BCUT2D eigenvalue weighted by atomic mass is 10.1. The Labute approximate surface area is 152 Å². The van der Waals surface area contributed by atoms with Crippen molar-refractivity contribution >= 4 is 5.91 Å². The molecule has 0 fully saturated rings. The first-order chi connectivity index (χ1) is 12.2. The van der Waals surface area contributed by atoms with Gasteiger partial charge in [0.2, 0.25) is 5.91 Å². The van der Waals surface area contributed by atoms with Gasteiger partial charge in [0.1, 0.15) is 18.5 Å². The second-order valence-corrected chi connectivity index (χ2v) is 6.35. The van der Waals surface area contributed by atoms with Gasteiger partial charge in [0, 0.05) is 26.1 Å². The van der Waals surface area contributed by atoms with E-state index in [9.17, 15) is 9.90 Å². The molecule has 0 aliphatic carbocycles. The van der Waals surface area contributed by atoms with Crippen LogP contribution in [0.2, 0.25) is 0 Å². The van der Waals surface area contributed by atoms with Gasteiger partial charge in [0.25, 0.3) is 0 Å². The molecule has 0 heterocycles. The Hall–Kier alpha value is -1.59. The van der Waals surface area contributed by atoms with E-state index in [2.05, 4.69) is 17.6 Å². The molecule has 0 aliphatic heterocycles. The van der Waals surface area contributed by atoms with Gasteiger partial charge in [-0.2, -0.15) is 0 Å². The Bertz CT molecular complexity index is 440. The molecule has 3 N–H and O–H groups in total. The molecule has 0 unspecified atom stereocenters. The number of hydrogen-bond acceptors (Lipinski definition) is 4. The number of benzene rings is 1. The van der Waals surface area contributed by atoms with Crippen LogP contribution in [0.1, 0.15) is 51.9 Å². The maximum atomic E-state index is 11.7. The number of carbonyl (C=O) groups is 1. The molecular formula is C20H34N2O3. The molecular weight excluding hydrogens is 316 g/mol. The van der Waals surface area contributed by atoms with E-state index in [0.29, 0.717) is 26.1 Å². The van der Waals surface area contributed by atoms with Crippen LogP contribution in [-0.2, 0) is 4.79 Å². The quantitative estimate of drug-likeness (QED) is 0.425. The van der Waals surface area contributed by atoms with Crippen LogP contribution in [0.4, 0.5) is 0 Å². The molecule has 1 aromatic rings. The van der Waals surface area contributed by atoms with E-state index in [1.54, 1.807) is 0 Å². The van der Waals surface area contributed by atoms with Crippen molar-refractivity contribution in [3.63, 3.8) is 0 Å². The van der Waals surface area contributed by atoms with Gasteiger partial charge < -0.3 is 20.5 Å². The van der Waals surface area contributed by atoms with Crippen molar-refractivity contribution in [2.24, 2.45) is 0 Å². The van der Waals surface area contributed by atoms with E-state index in [0.717, 1.165) is 18.6 Å². The van der Waals surface area contributed by atoms with Gasteiger partial charge in [0.05, 0.1) is 0 Å². The number of amides is 1. The Morgan fingerprint density at radius 2 is 1.80 bits per heavy atom. The van der Waals surface area contributed by atoms with Crippen LogP contribution >= 0.6 is 0 Å². The van der Waals surface area contributed by atoms with Crippen LogP contribution in [0.15, 0.2) is 30.3 Å². The first-order valence-corrected chi connectivity index (χ1v) is 9.55. The summed E-state index contributed by atoms with van der Waals surface area (Å²) in [6.45, 7) is 4.13. The monoisotopic (exact) mass is 350 g/mol.